The second-order valence-electron chi connectivity index (χ2n) is 6.30. The van der Waals surface area contributed by atoms with Crippen molar-refractivity contribution in [1.82, 2.24) is 14.1 Å². The summed E-state index contributed by atoms with van der Waals surface area (Å²) >= 11 is 0. The molecule has 2 aromatic carbocycles. The number of hydrogen-bond donors (Lipinski definition) is 1. The van der Waals surface area contributed by atoms with Gasteiger partial charge in [0.15, 0.2) is 5.65 Å². The number of rotatable bonds is 4. The Labute approximate surface area is 155 Å². The van der Waals surface area contributed by atoms with Crippen molar-refractivity contribution in [2.45, 2.75) is 13.5 Å². The van der Waals surface area contributed by atoms with Gasteiger partial charge in [0.1, 0.15) is 6.54 Å². The smallest absolute Gasteiger partial charge is 0.325 e. The van der Waals surface area contributed by atoms with Crippen LogP contribution >= 0.6 is 0 Å². The normalized spacial score (nSPS) is 10.9. The molecule has 0 spiro atoms. The van der Waals surface area contributed by atoms with Gasteiger partial charge in [-0.25, -0.2) is 14.3 Å². The van der Waals surface area contributed by atoms with Gasteiger partial charge in [0.2, 0.25) is 5.91 Å². The van der Waals surface area contributed by atoms with E-state index in [2.05, 4.69) is 10.3 Å². The van der Waals surface area contributed by atoms with E-state index in [1.54, 1.807) is 18.3 Å². The maximum absolute atomic E-state index is 13.0. The highest BCUT2D eigenvalue weighted by molar-refractivity contribution is 5.91. The Morgan fingerprint density at radius 3 is 2.63 bits per heavy atom. The highest BCUT2D eigenvalue weighted by Crippen LogP contribution is 2.16. The molecule has 4 rings (SSSR count). The minimum atomic E-state index is -0.297. The molecule has 0 atom stereocenters. The fraction of sp³-hybridized carbons (Fsp3) is 0.0952. The quantitative estimate of drug-likeness (QED) is 0.609. The van der Waals surface area contributed by atoms with Crippen LogP contribution in [-0.2, 0) is 11.3 Å². The van der Waals surface area contributed by atoms with Crippen molar-refractivity contribution in [1.29, 1.82) is 0 Å². The molecular formula is C21H18N4O2. The van der Waals surface area contributed by atoms with E-state index in [9.17, 15) is 9.59 Å². The molecule has 1 N–H and O–H groups in total. The molecule has 0 saturated carbocycles. The van der Waals surface area contributed by atoms with Gasteiger partial charge in [-0.1, -0.05) is 30.3 Å². The van der Waals surface area contributed by atoms with Crippen LogP contribution in [0.2, 0.25) is 0 Å². The number of aryl methyl sites for hydroxylation is 1. The topological polar surface area (TPSA) is 68.9 Å². The lowest BCUT2D eigenvalue weighted by atomic mass is 10.2. The zero-order chi connectivity index (χ0) is 18.8. The van der Waals surface area contributed by atoms with Crippen molar-refractivity contribution in [2.24, 2.45) is 0 Å². The molecule has 0 unspecified atom stereocenters. The fourth-order valence-electron chi connectivity index (χ4n) is 3.12. The maximum atomic E-state index is 13.0. The number of carbonyl (C=O) groups is 1. The third-order valence-electron chi connectivity index (χ3n) is 4.31. The van der Waals surface area contributed by atoms with Gasteiger partial charge in [-0.3, -0.25) is 9.36 Å². The van der Waals surface area contributed by atoms with Crippen LogP contribution in [0.15, 0.2) is 77.7 Å². The molecule has 0 bridgehead atoms. The predicted molar refractivity (Wildman–Crippen MR) is 105 cm³/mol. The summed E-state index contributed by atoms with van der Waals surface area (Å²) in [4.78, 5) is 29.9. The van der Waals surface area contributed by atoms with Crippen LogP contribution in [0.3, 0.4) is 0 Å². The van der Waals surface area contributed by atoms with Crippen LogP contribution in [0.5, 0.6) is 0 Å². The molecule has 0 fully saturated rings. The fourth-order valence-corrected chi connectivity index (χ4v) is 3.12. The second-order valence-corrected chi connectivity index (χ2v) is 6.30. The number of pyridine rings is 1. The van der Waals surface area contributed by atoms with Crippen molar-refractivity contribution < 1.29 is 4.79 Å². The summed E-state index contributed by atoms with van der Waals surface area (Å²) in [6.07, 6.45) is 1.64. The number of imidazole rings is 1. The minimum absolute atomic E-state index is 0.0885. The van der Waals surface area contributed by atoms with E-state index in [-0.39, 0.29) is 18.1 Å². The van der Waals surface area contributed by atoms with Crippen molar-refractivity contribution in [3.8, 4) is 5.69 Å². The minimum Gasteiger partial charge on any atom is -0.325 e. The summed E-state index contributed by atoms with van der Waals surface area (Å²) in [5, 5.41) is 2.84. The maximum Gasteiger partial charge on any atom is 0.335 e. The number of amides is 1. The van der Waals surface area contributed by atoms with Crippen LogP contribution in [-0.4, -0.2) is 20.0 Å². The molecule has 6 heteroatoms. The Morgan fingerprint density at radius 1 is 1.04 bits per heavy atom. The van der Waals surface area contributed by atoms with Gasteiger partial charge in [-0.15, -0.1) is 0 Å². The largest absolute Gasteiger partial charge is 0.335 e. The first-order chi connectivity index (χ1) is 13.1. The zero-order valence-electron chi connectivity index (χ0n) is 14.8. The third-order valence-corrected chi connectivity index (χ3v) is 4.31. The molecule has 0 aliphatic rings. The highest BCUT2D eigenvalue weighted by Gasteiger charge is 2.17. The van der Waals surface area contributed by atoms with E-state index in [0.717, 1.165) is 5.56 Å². The van der Waals surface area contributed by atoms with Crippen molar-refractivity contribution in [3.63, 3.8) is 0 Å². The molecule has 0 radical (unpaired) electrons. The number of hydrogen-bond acceptors (Lipinski definition) is 3. The Bertz CT molecular complexity index is 1180. The van der Waals surface area contributed by atoms with Crippen LogP contribution < -0.4 is 11.0 Å². The second kappa shape index (κ2) is 6.92. The van der Waals surface area contributed by atoms with Gasteiger partial charge < -0.3 is 5.32 Å². The average Bonchev–Trinajstić information content (AvgIpc) is 2.94. The molecule has 2 aromatic heterocycles. The van der Waals surface area contributed by atoms with Crippen molar-refractivity contribution in [2.75, 3.05) is 5.32 Å². The SMILES string of the molecule is Cc1cccc(NC(=O)Cn2c(=O)n(-c3ccccc3)c3ncccc32)c1. The van der Waals surface area contributed by atoms with Gasteiger partial charge in [0, 0.05) is 11.9 Å². The average molecular weight is 358 g/mol. The van der Waals surface area contributed by atoms with Crippen LogP contribution in [0, 0.1) is 6.92 Å². The molecule has 4 aromatic rings. The third kappa shape index (κ3) is 3.25. The lowest BCUT2D eigenvalue weighted by Gasteiger charge is -2.07. The summed E-state index contributed by atoms with van der Waals surface area (Å²) in [6, 6.07) is 20.4. The number of carbonyl (C=O) groups excluding carboxylic acids is 1. The molecule has 0 aliphatic heterocycles. The van der Waals surface area contributed by atoms with E-state index in [0.29, 0.717) is 22.5 Å². The number of para-hydroxylation sites is 1. The number of aromatic nitrogens is 3. The highest BCUT2D eigenvalue weighted by atomic mass is 16.2. The lowest BCUT2D eigenvalue weighted by molar-refractivity contribution is -0.116. The Morgan fingerprint density at radius 2 is 1.85 bits per heavy atom. The number of nitrogens with one attached hydrogen (secondary N) is 1. The van der Waals surface area contributed by atoms with Gasteiger partial charge in [0.05, 0.1) is 11.2 Å². The molecular weight excluding hydrogens is 340 g/mol. The molecule has 0 saturated heterocycles. The first-order valence-corrected chi connectivity index (χ1v) is 8.62. The molecule has 1 amide bonds. The van der Waals surface area contributed by atoms with Crippen LogP contribution in [0.25, 0.3) is 16.9 Å². The standard InChI is InChI=1S/C21H18N4O2/c1-15-7-5-8-16(13-15)23-19(26)14-24-18-11-6-12-22-20(18)25(21(24)27)17-9-3-2-4-10-17/h2-13H,14H2,1H3,(H,23,26). The molecule has 2 heterocycles. The lowest BCUT2D eigenvalue weighted by Crippen LogP contribution is -2.28. The Kier molecular flexibility index (Phi) is 4.30. The van der Waals surface area contributed by atoms with Gasteiger partial charge >= 0.3 is 5.69 Å². The number of benzene rings is 2. The van der Waals surface area contributed by atoms with Crippen molar-refractivity contribution in [3.05, 3.63) is 89.0 Å². The summed E-state index contributed by atoms with van der Waals surface area (Å²) in [6.45, 7) is 1.87. The molecule has 27 heavy (non-hydrogen) atoms. The first kappa shape index (κ1) is 16.8. The zero-order valence-corrected chi connectivity index (χ0v) is 14.8. The van der Waals surface area contributed by atoms with Crippen LogP contribution in [0.4, 0.5) is 5.69 Å². The summed E-state index contributed by atoms with van der Waals surface area (Å²) in [5.41, 5.74) is 3.31. The van der Waals surface area contributed by atoms with Crippen molar-refractivity contribution >= 4 is 22.8 Å². The molecule has 134 valence electrons. The number of nitrogens with zero attached hydrogens (tertiary/aromatic N) is 3. The van der Waals surface area contributed by atoms with E-state index in [1.165, 1.54) is 9.13 Å². The number of fused-ring (bicyclic) bond motifs is 1. The number of anilines is 1. The van der Waals surface area contributed by atoms with Crippen LogP contribution in [0.1, 0.15) is 5.56 Å². The monoisotopic (exact) mass is 358 g/mol. The van der Waals surface area contributed by atoms with E-state index in [1.807, 2.05) is 61.5 Å². The summed E-state index contributed by atoms with van der Waals surface area (Å²) in [5.74, 6) is -0.265. The van der Waals surface area contributed by atoms with Gasteiger partial charge in [-0.05, 0) is 48.9 Å². The predicted octanol–water partition coefficient (Wildman–Crippen LogP) is 3.13. The Hall–Kier alpha value is -3.67. The van der Waals surface area contributed by atoms with Gasteiger partial charge in [0.25, 0.3) is 0 Å². The van der Waals surface area contributed by atoms with E-state index >= 15 is 0 Å². The summed E-state index contributed by atoms with van der Waals surface area (Å²) in [7, 11) is 0. The van der Waals surface area contributed by atoms with Gasteiger partial charge in [-0.2, -0.15) is 0 Å². The first-order valence-electron chi connectivity index (χ1n) is 8.62. The molecule has 0 aliphatic carbocycles. The van der Waals surface area contributed by atoms with E-state index in [4.69, 9.17) is 0 Å². The summed E-state index contributed by atoms with van der Waals surface area (Å²) < 4.78 is 2.97. The molecule has 6 nitrogen and oxygen atoms in total. The van der Waals surface area contributed by atoms with E-state index < -0.39 is 0 Å². The Balaban J connectivity index is 1.73.